The van der Waals surface area contributed by atoms with Gasteiger partial charge in [-0.3, -0.25) is 14.6 Å². The summed E-state index contributed by atoms with van der Waals surface area (Å²) in [4.78, 5) is 28.9. The molecule has 2 aromatic carbocycles. The van der Waals surface area contributed by atoms with E-state index in [1.807, 2.05) is 53.4 Å². The quantitative estimate of drug-likeness (QED) is 0.600. The van der Waals surface area contributed by atoms with E-state index in [-0.39, 0.29) is 6.54 Å². The van der Waals surface area contributed by atoms with E-state index in [9.17, 15) is 9.59 Å². The molecular weight excluding hydrogens is 390 g/mol. The lowest BCUT2D eigenvalue weighted by Gasteiger charge is -2.34. The lowest BCUT2D eigenvalue weighted by molar-refractivity contribution is -0.161. The fourth-order valence-electron chi connectivity index (χ4n) is 3.79. The van der Waals surface area contributed by atoms with Gasteiger partial charge in [0.2, 0.25) is 0 Å². The van der Waals surface area contributed by atoms with Crippen LogP contribution in [-0.2, 0) is 27.3 Å². The molecule has 1 N–H and O–H groups in total. The number of nitrogens with zero attached hydrogens (tertiary/aromatic N) is 2. The van der Waals surface area contributed by atoms with Crippen LogP contribution in [0.3, 0.4) is 0 Å². The van der Waals surface area contributed by atoms with Gasteiger partial charge in [0.05, 0.1) is 6.54 Å². The van der Waals surface area contributed by atoms with Crippen molar-refractivity contribution in [1.82, 2.24) is 9.80 Å². The number of para-hydroxylation sites is 1. The van der Waals surface area contributed by atoms with Crippen LogP contribution in [0.1, 0.15) is 11.1 Å². The molecule has 7 heteroatoms. The molecule has 2 aliphatic rings. The second kappa shape index (κ2) is 8.95. The van der Waals surface area contributed by atoms with Crippen LogP contribution in [0.25, 0.3) is 0 Å². The van der Waals surface area contributed by atoms with Crippen LogP contribution < -0.4 is 5.32 Å². The van der Waals surface area contributed by atoms with E-state index >= 15 is 0 Å². The molecule has 2 aliphatic heterocycles. The predicted molar refractivity (Wildman–Crippen MR) is 112 cm³/mol. The number of carbonyl (C=O) groups is 2. The Bertz CT molecular complexity index is 854. The van der Waals surface area contributed by atoms with Gasteiger partial charge in [0.1, 0.15) is 6.04 Å². The number of halogens is 1. The number of nitrogens with one attached hydrogen (secondary N) is 1. The van der Waals surface area contributed by atoms with Gasteiger partial charge in [-0.1, -0.05) is 41.9 Å². The highest BCUT2D eigenvalue weighted by Crippen LogP contribution is 2.25. The smallest absolute Gasteiger partial charge is 0.336 e. The van der Waals surface area contributed by atoms with Crippen LogP contribution in [0.5, 0.6) is 0 Å². The van der Waals surface area contributed by atoms with Gasteiger partial charge in [-0.25, -0.2) is 4.79 Å². The number of hydrogen-bond donors (Lipinski definition) is 1. The molecule has 0 bridgehead atoms. The van der Waals surface area contributed by atoms with E-state index in [2.05, 4.69) is 10.2 Å². The van der Waals surface area contributed by atoms with Crippen molar-refractivity contribution < 1.29 is 14.3 Å². The summed E-state index contributed by atoms with van der Waals surface area (Å²) in [6.45, 7) is 4.27. The number of benzene rings is 2. The molecule has 1 saturated heterocycles. The highest BCUT2D eigenvalue weighted by Gasteiger charge is 2.30. The summed E-state index contributed by atoms with van der Waals surface area (Å²) in [5.74, 6) is -0.994. The maximum Gasteiger partial charge on any atom is 0.336 e. The average Bonchev–Trinajstić information content (AvgIpc) is 3.16. The third-order valence-corrected chi connectivity index (χ3v) is 5.66. The van der Waals surface area contributed by atoms with Gasteiger partial charge < -0.3 is 10.1 Å². The second-order valence-electron chi connectivity index (χ2n) is 7.53. The van der Waals surface area contributed by atoms with E-state index < -0.39 is 18.0 Å². The van der Waals surface area contributed by atoms with Crippen LogP contribution in [0, 0.1) is 0 Å². The van der Waals surface area contributed by atoms with Crippen molar-refractivity contribution in [3.05, 3.63) is 64.7 Å². The van der Waals surface area contributed by atoms with Crippen LogP contribution in [0.2, 0.25) is 5.02 Å². The number of piperazine rings is 1. The van der Waals surface area contributed by atoms with Crippen molar-refractivity contribution >= 4 is 29.2 Å². The monoisotopic (exact) mass is 413 g/mol. The summed E-state index contributed by atoms with van der Waals surface area (Å²) in [6.07, 6.45) is 0.547. The summed E-state index contributed by atoms with van der Waals surface area (Å²) in [5, 5.41) is 3.86. The van der Waals surface area contributed by atoms with Crippen molar-refractivity contribution in [1.29, 1.82) is 0 Å². The van der Waals surface area contributed by atoms with Crippen LogP contribution in [-0.4, -0.2) is 60.5 Å². The Kier molecular flexibility index (Phi) is 6.13. The van der Waals surface area contributed by atoms with E-state index in [1.165, 1.54) is 5.56 Å². The molecule has 0 aliphatic carbocycles. The topological polar surface area (TPSA) is 61.9 Å². The third-order valence-electron chi connectivity index (χ3n) is 5.41. The first-order valence-corrected chi connectivity index (χ1v) is 10.2. The van der Waals surface area contributed by atoms with Crippen molar-refractivity contribution in [3.63, 3.8) is 0 Å². The molecule has 0 saturated carbocycles. The number of hydrogen-bond acceptors (Lipinski definition) is 6. The first-order chi connectivity index (χ1) is 14.1. The lowest BCUT2D eigenvalue weighted by Crippen LogP contribution is -2.48. The number of fused-ring (bicyclic) bond motifs is 1. The number of anilines is 1. The van der Waals surface area contributed by atoms with Gasteiger partial charge >= 0.3 is 11.9 Å². The molecule has 152 valence electrons. The van der Waals surface area contributed by atoms with E-state index in [4.69, 9.17) is 16.3 Å². The first kappa shape index (κ1) is 19.9. The third kappa shape index (κ3) is 5.15. The zero-order valence-corrected chi connectivity index (χ0v) is 16.9. The molecular formula is C22H24ClN3O3. The number of esters is 2. The van der Waals surface area contributed by atoms with Crippen LogP contribution in [0.4, 0.5) is 5.69 Å². The van der Waals surface area contributed by atoms with Gasteiger partial charge in [0.25, 0.3) is 0 Å². The molecule has 0 radical (unpaired) electrons. The highest BCUT2D eigenvalue weighted by molar-refractivity contribution is 6.30. The van der Waals surface area contributed by atoms with Gasteiger partial charge in [-0.15, -0.1) is 0 Å². The molecule has 2 aromatic rings. The summed E-state index contributed by atoms with van der Waals surface area (Å²) < 4.78 is 5.09. The Morgan fingerprint density at radius 2 is 1.69 bits per heavy atom. The molecule has 1 unspecified atom stereocenters. The summed E-state index contributed by atoms with van der Waals surface area (Å²) in [7, 11) is 0. The minimum absolute atomic E-state index is 0.139. The fourth-order valence-corrected chi connectivity index (χ4v) is 3.92. The Labute approximate surface area is 175 Å². The molecule has 4 rings (SSSR count). The molecule has 0 spiro atoms. The van der Waals surface area contributed by atoms with Crippen molar-refractivity contribution in [2.45, 2.75) is 19.0 Å². The van der Waals surface area contributed by atoms with E-state index in [1.54, 1.807) is 0 Å². The zero-order valence-electron chi connectivity index (χ0n) is 16.1. The molecule has 1 atom stereocenters. The maximum atomic E-state index is 12.3. The van der Waals surface area contributed by atoms with Gasteiger partial charge in [0.15, 0.2) is 0 Å². The summed E-state index contributed by atoms with van der Waals surface area (Å²) in [6, 6.07) is 15.1. The molecule has 0 aromatic heterocycles. The van der Waals surface area contributed by atoms with Crippen molar-refractivity contribution in [3.8, 4) is 0 Å². The Morgan fingerprint density at radius 3 is 2.41 bits per heavy atom. The van der Waals surface area contributed by atoms with Crippen molar-refractivity contribution in [2.24, 2.45) is 0 Å². The Hall–Kier alpha value is -2.41. The lowest BCUT2D eigenvalue weighted by atomic mass is 10.1. The average molecular weight is 414 g/mol. The minimum atomic E-state index is -0.507. The molecule has 29 heavy (non-hydrogen) atoms. The summed E-state index contributed by atoms with van der Waals surface area (Å²) >= 11 is 5.93. The van der Waals surface area contributed by atoms with Gasteiger partial charge in [-0.05, 0) is 29.3 Å². The normalized spacial score (nSPS) is 19.4. The first-order valence-electron chi connectivity index (χ1n) is 9.85. The maximum absolute atomic E-state index is 12.3. The Morgan fingerprint density at radius 1 is 1.00 bits per heavy atom. The van der Waals surface area contributed by atoms with Gasteiger partial charge in [0, 0.05) is 49.9 Å². The summed E-state index contributed by atoms with van der Waals surface area (Å²) in [5.41, 5.74) is 3.22. The fraction of sp³-hybridized carbons (Fsp3) is 0.364. The SMILES string of the molecule is O=C(CN1CCN(Cc2ccc(Cl)cc2)CC1)OC(=O)C1Cc2ccccc2N1. The number of rotatable bonds is 5. The van der Waals surface area contributed by atoms with E-state index in [0.717, 1.165) is 49.0 Å². The molecule has 0 amide bonds. The predicted octanol–water partition coefficient (Wildman–Crippen LogP) is 2.56. The number of carbonyl (C=O) groups excluding carboxylic acids is 2. The highest BCUT2D eigenvalue weighted by atomic mass is 35.5. The van der Waals surface area contributed by atoms with E-state index in [0.29, 0.717) is 6.42 Å². The van der Waals surface area contributed by atoms with Crippen LogP contribution in [0.15, 0.2) is 48.5 Å². The standard InChI is InChI=1S/C22H24ClN3O3/c23-18-7-5-16(6-8-18)14-25-9-11-26(12-10-25)15-21(27)29-22(28)20-13-17-3-1-2-4-19(17)24-20/h1-8,20,24H,9-15H2. The number of ether oxygens (including phenoxy) is 1. The Balaban J connectivity index is 1.19. The van der Waals surface area contributed by atoms with Gasteiger partial charge in [-0.2, -0.15) is 0 Å². The molecule has 2 heterocycles. The largest absolute Gasteiger partial charge is 0.391 e. The zero-order chi connectivity index (χ0) is 20.2. The van der Waals surface area contributed by atoms with Crippen molar-refractivity contribution in [2.75, 3.05) is 38.0 Å². The van der Waals surface area contributed by atoms with Crippen LogP contribution >= 0.6 is 11.6 Å². The molecule has 1 fully saturated rings. The second-order valence-corrected chi connectivity index (χ2v) is 7.97. The molecule has 6 nitrogen and oxygen atoms in total. The minimum Gasteiger partial charge on any atom is -0.391 e.